The monoisotopic (exact) mass is 385 g/mol. The molecular formula is C18H9Cl2N3O3. The molecule has 128 valence electrons. The van der Waals surface area contributed by atoms with Gasteiger partial charge in [0.15, 0.2) is 0 Å². The molecule has 26 heavy (non-hydrogen) atoms. The molecule has 0 aliphatic carbocycles. The second-order valence-corrected chi connectivity index (χ2v) is 6.16. The van der Waals surface area contributed by atoms with E-state index in [1.807, 2.05) is 6.07 Å². The maximum absolute atomic E-state index is 12.3. The number of aromatic nitrogens is 1. The Morgan fingerprint density at radius 2 is 1.81 bits per heavy atom. The highest BCUT2D eigenvalue weighted by Gasteiger charge is 2.15. The van der Waals surface area contributed by atoms with Crippen LogP contribution in [0.25, 0.3) is 22.4 Å². The Morgan fingerprint density at radius 3 is 2.46 bits per heavy atom. The Hall–Kier alpha value is -3.14. The predicted molar refractivity (Wildman–Crippen MR) is 99.3 cm³/mol. The van der Waals surface area contributed by atoms with Crippen molar-refractivity contribution in [2.75, 3.05) is 0 Å². The molecule has 1 aromatic heterocycles. The standard InChI is InChI=1S/C18H9Cl2N3O3/c19-15-5-4-11(7-16(15)20)17-8-13(14(9-21)18(24)22-17)10-2-1-3-12(6-10)23(25)26/h1-8H,(H,22,24). The van der Waals surface area contributed by atoms with Crippen molar-refractivity contribution in [1.82, 2.24) is 4.98 Å². The minimum atomic E-state index is -0.599. The zero-order valence-electron chi connectivity index (χ0n) is 13.0. The lowest BCUT2D eigenvalue weighted by atomic mass is 9.98. The summed E-state index contributed by atoms with van der Waals surface area (Å²) in [7, 11) is 0. The summed E-state index contributed by atoms with van der Waals surface area (Å²) in [5.74, 6) is 0. The van der Waals surface area contributed by atoms with Crippen LogP contribution in [0, 0.1) is 21.4 Å². The summed E-state index contributed by atoms with van der Waals surface area (Å²) in [5.41, 5.74) is 0.820. The topological polar surface area (TPSA) is 99.8 Å². The van der Waals surface area contributed by atoms with Gasteiger partial charge in [0, 0.05) is 23.4 Å². The van der Waals surface area contributed by atoms with Crippen LogP contribution in [-0.2, 0) is 0 Å². The third-order valence-electron chi connectivity index (χ3n) is 3.74. The molecular weight excluding hydrogens is 377 g/mol. The smallest absolute Gasteiger partial charge is 0.270 e. The van der Waals surface area contributed by atoms with E-state index in [4.69, 9.17) is 23.2 Å². The van der Waals surface area contributed by atoms with Gasteiger partial charge in [-0.3, -0.25) is 14.9 Å². The molecule has 3 aromatic rings. The molecule has 0 saturated heterocycles. The van der Waals surface area contributed by atoms with Crippen LogP contribution in [0.3, 0.4) is 0 Å². The van der Waals surface area contributed by atoms with E-state index < -0.39 is 10.5 Å². The molecule has 0 bridgehead atoms. The molecule has 8 heteroatoms. The van der Waals surface area contributed by atoms with Crippen molar-refractivity contribution in [3.8, 4) is 28.5 Å². The minimum Gasteiger partial charge on any atom is -0.321 e. The molecule has 0 saturated carbocycles. The number of nitrogens with zero attached hydrogens (tertiary/aromatic N) is 2. The number of rotatable bonds is 3. The van der Waals surface area contributed by atoms with Crippen molar-refractivity contribution in [2.45, 2.75) is 0 Å². The van der Waals surface area contributed by atoms with Crippen LogP contribution in [0.15, 0.2) is 53.3 Å². The SMILES string of the molecule is N#Cc1c(-c2cccc([N+](=O)[O-])c2)cc(-c2ccc(Cl)c(Cl)c2)[nH]c1=O. The second kappa shape index (κ2) is 7.00. The fraction of sp³-hybridized carbons (Fsp3) is 0. The Kier molecular flexibility index (Phi) is 4.76. The van der Waals surface area contributed by atoms with Gasteiger partial charge in [-0.2, -0.15) is 5.26 Å². The summed E-state index contributed by atoms with van der Waals surface area (Å²) in [4.78, 5) is 25.4. The van der Waals surface area contributed by atoms with Crippen molar-refractivity contribution in [3.63, 3.8) is 0 Å². The van der Waals surface area contributed by atoms with Crippen LogP contribution in [0.4, 0.5) is 5.69 Å². The number of aromatic amines is 1. The number of nitro benzene ring substituents is 1. The van der Waals surface area contributed by atoms with Gasteiger partial charge < -0.3 is 4.98 Å². The highest BCUT2D eigenvalue weighted by molar-refractivity contribution is 6.42. The average molecular weight is 386 g/mol. The molecule has 1 heterocycles. The number of H-pyrrole nitrogens is 1. The van der Waals surface area contributed by atoms with Crippen LogP contribution in [-0.4, -0.2) is 9.91 Å². The van der Waals surface area contributed by atoms with E-state index >= 15 is 0 Å². The van der Waals surface area contributed by atoms with Gasteiger partial charge in [-0.1, -0.05) is 41.4 Å². The third-order valence-corrected chi connectivity index (χ3v) is 4.48. The van der Waals surface area contributed by atoms with Gasteiger partial charge in [-0.25, -0.2) is 0 Å². The lowest BCUT2D eigenvalue weighted by molar-refractivity contribution is -0.384. The Balaban J connectivity index is 2.25. The Morgan fingerprint density at radius 1 is 1.04 bits per heavy atom. The molecule has 6 nitrogen and oxygen atoms in total. The molecule has 0 aliphatic heterocycles. The molecule has 0 amide bonds. The third kappa shape index (κ3) is 3.31. The molecule has 0 aliphatic rings. The number of nitriles is 1. The van der Waals surface area contributed by atoms with E-state index in [1.54, 1.807) is 30.3 Å². The Labute approximate surface area is 157 Å². The predicted octanol–water partition coefficient (Wildman–Crippen LogP) is 4.80. The molecule has 0 atom stereocenters. The number of nitrogens with one attached hydrogen (secondary N) is 1. The Bertz CT molecular complexity index is 1130. The first kappa shape index (κ1) is 17.7. The van der Waals surface area contributed by atoms with E-state index in [0.29, 0.717) is 32.4 Å². The number of non-ortho nitro benzene ring substituents is 1. The second-order valence-electron chi connectivity index (χ2n) is 5.35. The summed E-state index contributed by atoms with van der Waals surface area (Å²) in [6, 6.07) is 14.0. The van der Waals surface area contributed by atoms with Crippen molar-refractivity contribution in [3.05, 3.63) is 84.6 Å². The van der Waals surface area contributed by atoms with Crippen molar-refractivity contribution < 1.29 is 4.92 Å². The zero-order valence-corrected chi connectivity index (χ0v) is 14.5. The normalized spacial score (nSPS) is 10.3. The first-order valence-corrected chi connectivity index (χ1v) is 8.04. The van der Waals surface area contributed by atoms with Gasteiger partial charge in [-0.05, 0) is 29.3 Å². The number of nitro groups is 1. The summed E-state index contributed by atoms with van der Waals surface area (Å²) in [5, 5.41) is 21.0. The number of halogens is 2. The maximum Gasteiger partial charge on any atom is 0.270 e. The number of benzene rings is 2. The fourth-order valence-electron chi connectivity index (χ4n) is 2.50. The van der Waals surface area contributed by atoms with Crippen molar-refractivity contribution in [1.29, 1.82) is 5.26 Å². The van der Waals surface area contributed by atoms with Crippen molar-refractivity contribution >= 4 is 28.9 Å². The first-order valence-electron chi connectivity index (χ1n) is 7.28. The van der Waals surface area contributed by atoms with Gasteiger partial charge in [0.25, 0.3) is 11.2 Å². The molecule has 3 rings (SSSR count). The minimum absolute atomic E-state index is 0.130. The molecule has 0 fully saturated rings. The van der Waals surface area contributed by atoms with Crippen LogP contribution >= 0.6 is 23.2 Å². The number of hydrogen-bond donors (Lipinski definition) is 1. The summed E-state index contributed by atoms with van der Waals surface area (Å²) in [6.07, 6.45) is 0. The van der Waals surface area contributed by atoms with Crippen LogP contribution in [0.5, 0.6) is 0 Å². The van der Waals surface area contributed by atoms with Crippen molar-refractivity contribution in [2.24, 2.45) is 0 Å². The lowest BCUT2D eigenvalue weighted by Gasteiger charge is -2.09. The maximum atomic E-state index is 12.3. The molecule has 0 spiro atoms. The summed E-state index contributed by atoms with van der Waals surface area (Å²) < 4.78 is 0. The molecule has 0 unspecified atom stereocenters. The highest BCUT2D eigenvalue weighted by Crippen LogP contribution is 2.31. The van der Waals surface area contributed by atoms with E-state index in [0.717, 1.165) is 0 Å². The van der Waals surface area contributed by atoms with Gasteiger partial charge in [0.1, 0.15) is 11.6 Å². The van der Waals surface area contributed by atoms with Gasteiger partial charge in [0.2, 0.25) is 0 Å². The van der Waals surface area contributed by atoms with Gasteiger partial charge in [-0.15, -0.1) is 0 Å². The van der Waals surface area contributed by atoms with Crippen LogP contribution in [0.1, 0.15) is 5.56 Å². The van der Waals surface area contributed by atoms with E-state index in [-0.39, 0.29) is 11.3 Å². The molecule has 1 N–H and O–H groups in total. The van der Waals surface area contributed by atoms with E-state index in [2.05, 4.69) is 4.98 Å². The van der Waals surface area contributed by atoms with Crippen LogP contribution in [0.2, 0.25) is 10.0 Å². The average Bonchev–Trinajstić information content (AvgIpc) is 2.63. The summed E-state index contributed by atoms with van der Waals surface area (Å²) in [6.45, 7) is 0. The van der Waals surface area contributed by atoms with E-state index in [1.165, 1.54) is 18.2 Å². The molecule has 2 aromatic carbocycles. The first-order chi connectivity index (χ1) is 12.4. The highest BCUT2D eigenvalue weighted by atomic mass is 35.5. The van der Waals surface area contributed by atoms with Crippen LogP contribution < -0.4 is 5.56 Å². The van der Waals surface area contributed by atoms with Gasteiger partial charge >= 0.3 is 0 Å². The summed E-state index contributed by atoms with van der Waals surface area (Å²) >= 11 is 11.9. The molecule has 0 radical (unpaired) electrons. The number of hydrogen-bond acceptors (Lipinski definition) is 4. The lowest BCUT2D eigenvalue weighted by Crippen LogP contribution is -2.12. The largest absolute Gasteiger partial charge is 0.321 e. The quantitative estimate of drug-likeness (QED) is 0.516. The van der Waals surface area contributed by atoms with Gasteiger partial charge in [0.05, 0.1) is 15.0 Å². The number of pyridine rings is 1. The fourth-order valence-corrected chi connectivity index (χ4v) is 2.80. The van der Waals surface area contributed by atoms with E-state index in [9.17, 15) is 20.2 Å². The zero-order chi connectivity index (χ0) is 18.8.